The van der Waals surface area contributed by atoms with Crippen molar-refractivity contribution in [1.82, 2.24) is 5.32 Å². The lowest BCUT2D eigenvalue weighted by Crippen LogP contribution is -2.22. The van der Waals surface area contributed by atoms with Crippen LogP contribution >= 0.6 is 0 Å². The van der Waals surface area contributed by atoms with Crippen LogP contribution in [0.15, 0.2) is 18.2 Å². The van der Waals surface area contributed by atoms with E-state index >= 15 is 0 Å². The number of nitrogens with one attached hydrogen (secondary N) is 1. The smallest absolute Gasteiger partial charge is 0.161 e. The van der Waals surface area contributed by atoms with Gasteiger partial charge in [-0.05, 0) is 42.6 Å². The first-order chi connectivity index (χ1) is 8.58. The Morgan fingerprint density at radius 1 is 1.44 bits per heavy atom. The minimum absolute atomic E-state index is 0.0723. The molecular formula is C12H18NO4S-. The highest BCUT2D eigenvalue weighted by atomic mass is 32.2. The molecule has 1 N–H and O–H groups in total. The number of benzene rings is 1. The number of ether oxygens (including phenoxy) is 2. The van der Waals surface area contributed by atoms with Crippen LogP contribution in [-0.2, 0) is 11.1 Å². The molecule has 0 saturated heterocycles. The second kappa shape index (κ2) is 7.35. The molecule has 0 spiro atoms. The molecule has 6 heteroatoms. The molecule has 1 aromatic carbocycles. The third-order valence-electron chi connectivity index (χ3n) is 2.49. The minimum atomic E-state index is -2.09. The molecule has 1 rings (SSSR count). The van der Waals surface area contributed by atoms with Gasteiger partial charge in [-0.15, -0.1) is 0 Å². The van der Waals surface area contributed by atoms with Gasteiger partial charge in [-0.1, -0.05) is 6.07 Å². The number of hydrogen-bond donors (Lipinski definition) is 1. The van der Waals surface area contributed by atoms with E-state index < -0.39 is 11.1 Å². The fourth-order valence-electron chi connectivity index (χ4n) is 1.54. The fourth-order valence-corrected chi connectivity index (χ4v) is 1.93. The molecule has 0 saturated carbocycles. The van der Waals surface area contributed by atoms with Crippen molar-refractivity contribution in [2.45, 2.75) is 19.9 Å². The topological polar surface area (TPSA) is 70.6 Å². The van der Waals surface area contributed by atoms with Gasteiger partial charge in [0.05, 0.1) is 19.6 Å². The monoisotopic (exact) mass is 272 g/mol. The van der Waals surface area contributed by atoms with E-state index in [-0.39, 0.29) is 11.9 Å². The molecule has 102 valence electrons. The van der Waals surface area contributed by atoms with E-state index in [1.54, 1.807) is 7.11 Å². The van der Waals surface area contributed by atoms with Crippen LogP contribution in [0.5, 0.6) is 11.5 Å². The van der Waals surface area contributed by atoms with Crippen LogP contribution in [0.4, 0.5) is 0 Å². The molecule has 0 amide bonds. The van der Waals surface area contributed by atoms with Gasteiger partial charge in [0, 0.05) is 6.04 Å². The molecule has 5 nitrogen and oxygen atoms in total. The van der Waals surface area contributed by atoms with E-state index in [1.165, 1.54) is 0 Å². The van der Waals surface area contributed by atoms with E-state index in [0.29, 0.717) is 18.1 Å². The van der Waals surface area contributed by atoms with Crippen molar-refractivity contribution in [3.8, 4) is 11.5 Å². The molecule has 0 radical (unpaired) electrons. The van der Waals surface area contributed by atoms with Crippen LogP contribution in [0.25, 0.3) is 0 Å². The average molecular weight is 272 g/mol. The summed E-state index contributed by atoms with van der Waals surface area (Å²) in [6.45, 7) is 4.34. The summed E-state index contributed by atoms with van der Waals surface area (Å²) in [5, 5.41) is 2.90. The molecule has 0 aliphatic carbocycles. The quantitative estimate of drug-likeness (QED) is 0.763. The molecule has 0 aliphatic heterocycles. The van der Waals surface area contributed by atoms with Crippen LogP contribution in [0.3, 0.4) is 0 Å². The zero-order valence-electron chi connectivity index (χ0n) is 10.8. The normalized spacial score (nSPS) is 14.0. The van der Waals surface area contributed by atoms with Crippen LogP contribution in [0, 0.1) is 0 Å². The van der Waals surface area contributed by atoms with Gasteiger partial charge in [-0.25, -0.2) is 0 Å². The lowest BCUT2D eigenvalue weighted by atomic mass is 10.1. The van der Waals surface area contributed by atoms with Gasteiger partial charge in [0.1, 0.15) is 0 Å². The van der Waals surface area contributed by atoms with Crippen LogP contribution in [0.1, 0.15) is 25.5 Å². The Morgan fingerprint density at radius 2 is 2.17 bits per heavy atom. The minimum Gasteiger partial charge on any atom is -0.771 e. The van der Waals surface area contributed by atoms with Crippen LogP contribution in [0.2, 0.25) is 0 Å². The maximum Gasteiger partial charge on any atom is 0.161 e. The van der Waals surface area contributed by atoms with Gasteiger partial charge in [0.2, 0.25) is 0 Å². The maximum atomic E-state index is 10.5. The SMILES string of the molecule is CCOc1cc([C@H](C)NCS(=O)[O-])ccc1OC. The van der Waals surface area contributed by atoms with E-state index in [9.17, 15) is 8.76 Å². The van der Waals surface area contributed by atoms with Crippen molar-refractivity contribution in [3.05, 3.63) is 23.8 Å². The Balaban J connectivity index is 2.82. The summed E-state index contributed by atoms with van der Waals surface area (Å²) in [5.41, 5.74) is 0.949. The highest BCUT2D eigenvalue weighted by Gasteiger charge is 2.10. The van der Waals surface area contributed by atoms with Crippen molar-refractivity contribution >= 4 is 11.1 Å². The van der Waals surface area contributed by atoms with E-state index in [4.69, 9.17) is 9.47 Å². The van der Waals surface area contributed by atoms with Gasteiger partial charge < -0.3 is 19.3 Å². The average Bonchev–Trinajstić information content (AvgIpc) is 2.36. The standard InChI is InChI=1S/C12H19NO4S/c1-4-17-12-7-10(5-6-11(12)16-3)9(2)13-8-18(14)15/h5-7,9,13H,4,8H2,1-3H3,(H,14,15)/p-1/t9-/m0/s1. The first-order valence-corrected chi connectivity index (χ1v) is 6.92. The molecule has 18 heavy (non-hydrogen) atoms. The predicted molar refractivity (Wildman–Crippen MR) is 69.5 cm³/mol. The third-order valence-corrected chi connectivity index (χ3v) is 2.90. The summed E-state index contributed by atoms with van der Waals surface area (Å²) >= 11 is -2.09. The summed E-state index contributed by atoms with van der Waals surface area (Å²) in [6, 6.07) is 5.47. The molecular weight excluding hydrogens is 254 g/mol. The molecule has 1 unspecified atom stereocenters. The second-order valence-electron chi connectivity index (χ2n) is 3.72. The van der Waals surface area contributed by atoms with Gasteiger partial charge in [-0.3, -0.25) is 4.21 Å². The Hall–Kier alpha value is -1.11. The first kappa shape index (κ1) is 14.9. The van der Waals surface area contributed by atoms with Crippen LogP contribution in [-0.4, -0.2) is 28.4 Å². The molecule has 2 atom stereocenters. The number of methoxy groups -OCH3 is 1. The summed E-state index contributed by atoms with van der Waals surface area (Å²) in [6.07, 6.45) is 0. The maximum absolute atomic E-state index is 10.5. The molecule has 0 aliphatic rings. The summed E-state index contributed by atoms with van der Waals surface area (Å²) in [7, 11) is 1.58. The zero-order chi connectivity index (χ0) is 13.5. The van der Waals surface area contributed by atoms with Gasteiger partial charge in [0.25, 0.3) is 0 Å². The summed E-state index contributed by atoms with van der Waals surface area (Å²) in [5.74, 6) is 1.26. The summed E-state index contributed by atoms with van der Waals surface area (Å²) in [4.78, 5) is 0. The highest BCUT2D eigenvalue weighted by molar-refractivity contribution is 7.79. The fraction of sp³-hybridized carbons (Fsp3) is 0.500. The van der Waals surface area contributed by atoms with E-state index in [1.807, 2.05) is 32.0 Å². The third kappa shape index (κ3) is 4.29. The zero-order valence-corrected chi connectivity index (χ0v) is 11.6. The lowest BCUT2D eigenvalue weighted by molar-refractivity contribution is 0.310. The first-order valence-electron chi connectivity index (χ1n) is 5.68. The van der Waals surface area contributed by atoms with Crippen molar-refractivity contribution in [2.24, 2.45) is 0 Å². The lowest BCUT2D eigenvalue weighted by Gasteiger charge is -2.17. The molecule has 1 aromatic rings. The van der Waals surface area contributed by atoms with Gasteiger partial charge >= 0.3 is 0 Å². The van der Waals surface area contributed by atoms with Crippen LogP contribution < -0.4 is 14.8 Å². The largest absolute Gasteiger partial charge is 0.771 e. The van der Waals surface area contributed by atoms with Crippen molar-refractivity contribution in [1.29, 1.82) is 0 Å². The van der Waals surface area contributed by atoms with E-state index in [2.05, 4.69) is 5.32 Å². The number of hydrogen-bond acceptors (Lipinski definition) is 5. The molecule has 0 fully saturated rings. The Bertz CT molecular complexity index is 411. The predicted octanol–water partition coefficient (Wildman–Crippen LogP) is 1.58. The van der Waals surface area contributed by atoms with Gasteiger partial charge in [-0.2, -0.15) is 0 Å². The highest BCUT2D eigenvalue weighted by Crippen LogP contribution is 2.30. The summed E-state index contributed by atoms with van der Waals surface area (Å²) < 4.78 is 31.7. The van der Waals surface area contributed by atoms with Crippen molar-refractivity contribution in [3.63, 3.8) is 0 Å². The van der Waals surface area contributed by atoms with Gasteiger partial charge in [0.15, 0.2) is 11.5 Å². The molecule has 0 aromatic heterocycles. The second-order valence-corrected chi connectivity index (χ2v) is 4.61. The Kier molecular flexibility index (Phi) is 6.11. The Labute approximate surface area is 110 Å². The Morgan fingerprint density at radius 3 is 2.72 bits per heavy atom. The van der Waals surface area contributed by atoms with Crippen molar-refractivity contribution in [2.75, 3.05) is 19.6 Å². The van der Waals surface area contributed by atoms with Crippen molar-refractivity contribution < 1.29 is 18.2 Å². The molecule has 0 bridgehead atoms. The molecule has 0 heterocycles. The van der Waals surface area contributed by atoms with E-state index in [0.717, 1.165) is 5.56 Å². The number of rotatable bonds is 7.